The van der Waals surface area contributed by atoms with E-state index in [9.17, 15) is 0 Å². The van der Waals surface area contributed by atoms with Gasteiger partial charge in [-0.3, -0.25) is 0 Å². The molecule has 2 aromatic rings. The average molecular weight is 266 g/mol. The summed E-state index contributed by atoms with van der Waals surface area (Å²) in [6.45, 7) is 0.863. The Bertz CT molecular complexity index is 450. The van der Waals surface area contributed by atoms with Crippen LogP contribution in [0.4, 0.5) is 0 Å². The summed E-state index contributed by atoms with van der Waals surface area (Å²) in [6.07, 6.45) is 1.98. The van der Waals surface area contributed by atoms with Crippen molar-refractivity contribution in [3.63, 3.8) is 0 Å². The largest absolute Gasteiger partial charge is 0.390 e. The Morgan fingerprint density at radius 2 is 1.93 bits per heavy atom. The lowest BCUT2D eigenvalue weighted by molar-refractivity contribution is 0.271. The topological polar surface area (TPSA) is 25.2 Å². The zero-order valence-corrected chi connectivity index (χ0v) is 9.81. The SMILES string of the molecule is OCc1cccn1Cc1ccccc1Br. The van der Waals surface area contributed by atoms with Gasteiger partial charge in [-0.15, -0.1) is 0 Å². The highest BCUT2D eigenvalue weighted by molar-refractivity contribution is 9.10. The Morgan fingerprint density at radius 1 is 1.13 bits per heavy atom. The molecule has 0 unspecified atom stereocenters. The molecule has 1 aromatic heterocycles. The molecule has 0 bridgehead atoms. The van der Waals surface area contributed by atoms with Gasteiger partial charge in [-0.1, -0.05) is 34.1 Å². The first-order chi connectivity index (χ1) is 7.31. The third-order valence-electron chi connectivity index (χ3n) is 2.38. The summed E-state index contributed by atoms with van der Waals surface area (Å²) in [7, 11) is 0. The second-order valence-corrected chi connectivity index (χ2v) is 4.23. The van der Waals surface area contributed by atoms with Crippen LogP contribution in [0.1, 0.15) is 11.3 Å². The lowest BCUT2D eigenvalue weighted by Gasteiger charge is -2.08. The molecule has 0 aliphatic heterocycles. The molecule has 0 amide bonds. The maximum Gasteiger partial charge on any atom is 0.0832 e. The number of hydrogen-bond donors (Lipinski definition) is 1. The minimum atomic E-state index is 0.0808. The summed E-state index contributed by atoms with van der Waals surface area (Å²) < 4.78 is 3.14. The van der Waals surface area contributed by atoms with E-state index < -0.39 is 0 Å². The van der Waals surface area contributed by atoms with Crippen LogP contribution in [-0.2, 0) is 13.2 Å². The molecule has 2 rings (SSSR count). The minimum Gasteiger partial charge on any atom is -0.390 e. The number of halogens is 1. The molecule has 0 aliphatic rings. The van der Waals surface area contributed by atoms with E-state index in [0.29, 0.717) is 0 Å². The number of aliphatic hydroxyl groups excluding tert-OH is 1. The summed E-state index contributed by atoms with van der Waals surface area (Å²) in [5, 5.41) is 9.12. The van der Waals surface area contributed by atoms with Gasteiger partial charge in [0, 0.05) is 22.9 Å². The number of nitrogens with zero attached hydrogens (tertiary/aromatic N) is 1. The maximum atomic E-state index is 9.12. The number of aromatic nitrogens is 1. The molecule has 0 saturated carbocycles. The molecule has 0 radical (unpaired) electrons. The molecule has 0 aliphatic carbocycles. The molecule has 1 N–H and O–H groups in total. The van der Waals surface area contributed by atoms with E-state index in [1.54, 1.807) is 0 Å². The molecule has 15 heavy (non-hydrogen) atoms. The van der Waals surface area contributed by atoms with Gasteiger partial charge in [0.25, 0.3) is 0 Å². The van der Waals surface area contributed by atoms with Crippen molar-refractivity contribution in [1.29, 1.82) is 0 Å². The summed E-state index contributed by atoms with van der Waals surface area (Å²) >= 11 is 3.51. The molecular weight excluding hydrogens is 254 g/mol. The van der Waals surface area contributed by atoms with E-state index >= 15 is 0 Å². The van der Waals surface area contributed by atoms with Crippen molar-refractivity contribution in [2.75, 3.05) is 0 Å². The Labute approximate surface area is 97.3 Å². The first-order valence-corrected chi connectivity index (χ1v) is 5.59. The van der Waals surface area contributed by atoms with Gasteiger partial charge in [0.2, 0.25) is 0 Å². The van der Waals surface area contributed by atoms with Crippen molar-refractivity contribution in [2.45, 2.75) is 13.2 Å². The summed E-state index contributed by atoms with van der Waals surface area (Å²) in [4.78, 5) is 0. The zero-order valence-electron chi connectivity index (χ0n) is 8.23. The highest BCUT2D eigenvalue weighted by Gasteiger charge is 2.02. The highest BCUT2D eigenvalue weighted by Crippen LogP contribution is 2.18. The Morgan fingerprint density at radius 3 is 2.67 bits per heavy atom. The fourth-order valence-electron chi connectivity index (χ4n) is 1.56. The molecule has 3 heteroatoms. The summed E-state index contributed by atoms with van der Waals surface area (Å²) in [6, 6.07) is 12.0. The summed E-state index contributed by atoms with van der Waals surface area (Å²) in [5.74, 6) is 0. The van der Waals surface area contributed by atoms with Crippen LogP contribution in [0.15, 0.2) is 47.1 Å². The fraction of sp³-hybridized carbons (Fsp3) is 0.167. The van der Waals surface area contributed by atoms with Crippen molar-refractivity contribution < 1.29 is 5.11 Å². The van der Waals surface area contributed by atoms with Gasteiger partial charge in [-0.2, -0.15) is 0 Å². The van der Waals surface area contributed by atoms with E-state index in [0.717, 1.165) is 16.7 Å². The lowest BCUT2D eigenvalue weighted by atomic mass is 10.2. The molecule has 2 nitrogen and oxygen atoms in total. The third-order valence-corrected chi connectivity index (χ3v) is 3.16. The second-order valence-electron chi connectivity index (χ2n) is 3.38. The Balaban J connectivity index is 2.26. The first kappa shape index (κ1) is 10.5. The monoisotopic (exact) mass is 265 g/mol. The number of hydrogen-bond acceptors (Lipinski definition) is 1. The molecule has 1 aromatic carbocycles. The second kappa shape index (κ2) is 4.64. The van der Waals surface area contributed by atoms with Gasteiger partial charge in [-0.05, 0) is 23.8 Å². The summed E-state index contributed by atoms with van der Waals surface area (Å²) in [5.41, 5.74) is 2.15. The maximum absolute atomic E-state index is 9.12. The van der Waals surface area contributed by atoms with Gasteiger partial charge in [-0.25, -0.2) is 0 Å². The van der Waals surface area contributed by atoms with Crippen LogP contribution in [0.3, 0.4) is 0 Å². The van der Waals surface area contributed by atoms with Crippen LogP contribution in [0.25, 0.3) is 0 Å². The van der Waals surface area contributed by atoms with Crippen molar-refractivity contribution >= 4 is 15.9 Å². The van der Waals surface area contributed by atoms with Crippen LogP contribution in [0.5, 0.6) is 0 Å². The van der Waals surface area contributed by atoms with Gasteiger partial charge < -0.3 is 9.67 Å². The smallest absolute Gasteiger partial charge is 0.0832 e. The van der Waals surface area contributed by atoms with E-state index in [1.165, 1.54) is 5.56 Å². The van der Waals surface area contributed by atoms with Gasteiger partial charge in [0.05, 0.1) is 6.61 Å². The van der Waals surface area contributed by atoms with E-state index in [2.05, 4.69) is 22.0 Å². The molecule has 78 valence electrons. The van der Waals surface area contributed by atoms with Gasteiger partial charge >= 0.3 is 0 Å². The standard InChI is InChI=1S/C12H12BrNO/c13-12-6-2-1-4-10(12)8-14-7-3-5-11(14)9-15/h1-7,15H,8-9H2. The molecule has 0 saturated heterocycles. The zero-order chi connectivity index (χ0) is 10.7. The van der Waals surface area contributed by atoms with Crippen LogP contribution in [0, 0.1) is 0 Å². The van der Waals surface area contributed by atoms with Crippen molar-refractivity contribution in [2.24, 2.45) is 0 Å². The van der Waals surface area contributed by atoms with Crippen molar-refractivity contribution in [1.82, 2.24) is 4.57 Å². The highest BCUT2D eigenvalue weighted by atomic mass is 79.9. The van der Waals surface area contributed by atoms with E-state index in [4.69, 9.17) is 5.11 Å². The minimum absolute atomic E-state index is 0.0808. The fourth-order valence-corrected chi connectivity index (χ4v) is 1.97. The molecule has 0 spiro atoms. The normalized spacial score (nSPS) is 10.5. The molecule has 0 fully saturated rings. The molecular formula is C12H12BrNO. The number of rotatable bonds is 3. The van der Waals surface area contributed by atoms with Gasteiger partial charge in [0.1, 0.15) is 0 Å². The molecule has 0 atom stereocenters. The Hall–Kier alpha value is -1.06. The average Bonchev–Trinajstić information content (AvgIpc) is 2.69. The number of aliphatic hydroxyl groups is 1. The number of benzene rings is 1. The van der Waals surface area contributed by atoms with Crippen molar-refractivity contribution in [3.05, 3.63) is 58.3 Å². The predicted octanol–water partition coefficient (Wildman–Crippen LogP) is 2.79. The van der Waals surface area contributed by atoms with Crippen LogP contribution >= 0.6 is 15.9 Å². The predicted molar refractivity (Wildman–Crippen MR) is 63.6 cm³/mol. The third kappa shape index (κ3) is 2.30. The molecule has 1 heterocycles. The van der Waals surface area contributed by atoms with Gasteiger partial charge in [0.15, 0.2) is 0 Å². The van der Waals surface area contributed by atoms with Crippen LogP contribution in [-0.4, -0.2) is 9.67 Å². The first-order valence-electron chi connectivity index (χ1n) is 4.79. The Kier molecular flexibility index (Phi) is 3.23. The lowest BCUT2D eigenvalue weighted by Crippen LogP contribution is -2.03. The van der Waals surface area contributed by atoms with Crippen molar-refractivity contribution in [3.8, 4) is 0 Å². The van der Waals surface area contributed by atoms with Crippen LogP contribution in [0.2, 0.25) is 0 Å². The van der Waals surface area contributed by atoms with E-state index in [1.807, 2.05) is 41.1 Å². The van der Waals surface area contributed by atoms with E-state index in [-0.39, 0.29) is 6.61 Å². The van der Waals surface area contributed by atoms with Crippen LogP contribution < -0.4 is 0 Å². The quantitative estimate of drug-likeness (QED) is 0.907.